The first kappa shape index (κ1) is 15.7. The van der Waals surface area contributed by atoms with E-state index in [4.69, 9.17) is 4.52 Å². The molecule has 4 rings (SSSR count). The summed E-state index contributed by atoms with van der Waals surface area (Å²) in [7, 11) is 0. The number of nitrogens with zero attached hydrogens (tertiary/aromatic N) is 6. The van der Waals surface area contributed by atoms with Gasteiger partial charge >= 0.3 is 0 Å². The third-order valence-electron chi connectivity index (χ3n) is 4.33. The molecule has 4 heterocycles. The molecular weight excluding hydrogens is 316 g/mol. The predicted molar refractivity (Wildman–Crippen MR) is 94.0 cm³/mol. The summed E-state index contributed by atoms with van der Waals surface area (Å²) in [5, 5.41) is 3.85. The molecule has 0 bridgehead atoms. The van der Waals surface area contributed by atoms with Crippen LogP contribution < -0.4 is 4.90 Å². The van der Waals surface area contributed by atoms with Crippen LogP contribution >= 0.6 is 0 Å². The molecule has 0 unspecified atom stereocenters. The van der Waals surface area contributed by atoms with Crippen molar-refractivity contribution in [2.24, 2.45) is 0 Å². The second-order valence-corrected chi connectivity index (χ2v) is 6.13. The Balaban J connectivity index is 1.41. The van der Waals surface area contributed by atoms with Gasteiger partial charge in [-0.3, -0.25) is 9.88 Å². The highest BCUT2D eigenvalue weighted by molar-refractivity contribution is 5.58. The first-order valence-electron chi connectivity index (χ1n) is 8.42. The van der Waals surface area contributed by atoms with Gasteiger partial charge in [0.2, 0.25) is 0 Å². The van der Waals surface area contributed by atoms with Gasteiger partial charge in [0.05, 0.1) is 5.69 Å². The Morgan fingerprint density at radius 2 is 1.92 bits per heavy atom. The molecule has 0 aromatic carbocycles. The lowest BCUT2D eigenvalue weighted by Crippen LogP contribution is -2.46. The number of piperazine rings is 1. The van der Waals surface area contributed by atoms with Crippen molar-refractivity contribution in [2.45, 2.75) is 13.5 Å². The SMILES string of the molecule is Cc1noc(-c2ccnc(N3CCN(Cc4ccccn4)CC3)c2)n1. The van der Waals surface area contributed by atoms with Gasteiger partial charge in [-0.2, -0.15) is 4.98 Å². The van der Waals surface area contributed by atoms with Gasteiger partial charge in [-0.15, -0.1) is 0 Å². The van der Waals surface area contributed by atoms with E-state index in [9.17, 15) is 0 Å². The first-order chi connectivity index (χ1) is 12.3. The average Bonchev–Trinajstić information content (AvgIpc) is 3.10. The number of rotatable bonds is 4. The number of aromatic nitrogens is 4. The topological polar surface area (TPSA) is 71.2 Å². The molecule has 0 spiro atoms. The molecular formula is C18H20N6O. The molecule has 1 fully saturated rings. The fourth-order valence-electron chi connectivity index (χ4n) is 2.99. The van der Waals surface area contributed by atoms with E-state index in [1.807, 2.05) is 37.4 Å². The molecule has 3 aromatic heterocycles. The largest absolute Gasteiger partial charge is 0.354 e. The van der Waals surface area contributed by atoms with Crippen molar-refractivity contribution < 1.29 is 4.52 Å². The Kier molecular flexibility index (Phi) is 4.39. The van der Waals surface area contributed by atoms with Crippen molar-refractivity contribution in [3.63, 3.8) is 0 Å². The van der Waals surface area contributed by atoms with E-state index in [0.717, 1.165) is 49.8 Å². The molecule has 3 aromatic rings. The van der Waals surface area contributed by atoms with Crippen molar-refractivity contribution >= 4 is 5.82 Å². The third kappa shape index (κ3) is 3.66. The van der Waals surface area contributed by atoms with Crippen LogP contribution in [0.4, 0.5) is 5.82 Å². The van der Waals surface area contributed by atoms with Crippen LogP contribution in [-0.2, 0) is 6.54 Å². The highest BCUT2D eigenvalue weighted by atomic mass is 16.5. The summed E-state index contributed by atoms with van der Waals surface area (Å²) in [6.45, 7) is 6.56. The molecule has 7 heteroatoms. The molecule has 0 amide bonds. The fourth-order valence-corrected chi connectivity index (χ4v) is 2.99. The maximum Gasteiger partial charge on any atom is 0.258 e. The van der Waals surface area contributed by atoms with Crippen LogP contribution in [0.5, 0.6) is 0 Å². The van der Waals surface area contributed by atoms with Gasteiger partial charge in [-0.1, -0.05) is 11.2 Å². The summed E-state index contributed by atoms with van der Waals surface area (Å²) in [4.78, 5) is 17.9. The fraction of sp³-hybridized carbons (Fsp3) is 0.333. The minimum absolute atomic E-state index is 0.537. The maximum atomic E-state index is 5.25. The third-order valence-corrected chi connectivity index (χ3v) is 4.33. The highest BCUT2D eigenvalue weighted by Gasteiger charge is 2.19. The summed E-state index contributed by atoms with van der Waals surface area (Å²) < 4.78 is 5.25. The van der Waals surface area contributed by atoms with E-state index in [2.05, 4.69) is 36.0 Å². The molecule has 0 aliphatic carbocycles. The molecule has 0 saturated carbocycles. The van der Waals surface area contributed by atoms with Crippen LogP contribution in [0.1, 0.15) is 11.5 Å². The Morgan fingerprint density at radius 3 is 2.64 bits per heavy atom. The lowest BCUT2D eigenvalue weighted by Gasteiger charge is -2.35. The van der Waals surface area contributed by atoms with Gasteiger partial charge in [0, 0.05) is 50.7 Å². The zero-order chi connectivity index (χ0) is 17.1. The number of pyridine rings is 2. The number of hydrogen-bond donors (Lipinski definition) is 0. The van der Waals surface area contributed by atoms with Crippen molar-refractivity contribution in [3.05, 3.63) is 54.2 Å². The lowest BCUT2D eigenvalue weighted by atomic mass is 10.2. The van der Waals surface area contributed by atoms with Crippen molar-refractivity contribution in [1.29, 1.82) is 0 Å². The maximum absolute atomic E-state index is 5.25. The zero-order valence-corrected chi connectivity index (χ0v) is 14.2. The summed E-state index contributed by atoms with van der Waals surface area (Å²) in [5.74, 6) is 2.12. The summed E-state index contributed by atoms with van der Waals surface area (Å²) in [6, 6.07) is 9.97. The Labute approximate surface area is 146 Å². The van der Waals surface area contributed by atoms with Crippen molar-refractivity contribution in [3.8, 4) is 11.5 Å². The Hall–Kier alpha value is -2.80. The van der Waals surface area contributed by atoms with E-state index in [1.165, 1.54) is 0 Å². The highest BCUT2D eigenvalue weighted by Crippen LogP contribution is 2.22. The second-order valence-electron chi connectivity index (χ2n) is 6.13. The average molecular weight is 336 g/mol. The van der Waals surface area contributed by atoms with Crippen LogP contribution in [-0.4, -0.2) is 51.2 Å². The van der Waals surface area contributed by atoms with Gasteiger partial charge < -0.3 is 9.42 Å². The van der Waals surface area contributed by atoms with Gasteiger partial charge in [-0.25, -0.2) is 4.98 Å². The quantitative estimate of drug-likeness (QED) is 0.723. The Bertz CT molecular complexity index is 826. The minimum atomic E-state index is 0.537. The van der Waals surface area contributed by atoms with Crippen LogP contribution in [0, 0.1) is 6.92 Å². The summed E-state index contributed by atoms with van der Waals surface area (Å²) in [5.41, 5.74) is 2.02. The Morgan fingerprint density at radius 1 is 1.04 bits per heavy atom. The molecule has 0 radical (unpaired) electrons. The normalized spacial score (nSPS) is 15.5. The van der Waals surface area contributed by atoms with E-state index in [-0.39, 0.29) is 0 Å². The van der Waals surface area contributed by atoms with E-state index < -0.39 is 0 Å². The van der Waals surface area contributed by atoms with Crippen LogP contribution in [0.3, 0.4) is 0 Å². The zero-order valence-electron chi connectivity index (χ0n) is 14.2. The van der Waals surface area contributed by atoms with E-state index >= 15 is 0 Å². The minimum Gasteiger partial charge on any atom is -0.354 e. The summed E-state index contributed by atoms with van der Waals surface area (Å²) >= 11 is 0. The monoisotopic (exact) mass is 336 g/mol. The standard InChI is InChI=1S/C18H20N6O/c1-14-21-18(25-22-14)15-5-7-20-17(12-15)24-10-8-23(9-11-24)13-16-4-2-3-6-19-16/h2-7,12H,8-11,13H2,1H3. The molecule has 1 aliphatic heterocycles. The number of anilines is 1. The molecule has 128 valence electrons. The van der Waals surface area contributed by atoms with E-state index in [0.29, 0.717) is 11.7 Å². The lowest BCUT2D eigenvalue weighted by molar-refractivity contribution is 0.246. The number of aryl methyl sites for hydroxylation is 1. The van der Waals surface area contributed by atoms with Crippen LogP contribution in [0.15, 0.2) is 47.2 Å². The van der Waals surface area contributed by atoms with Gasteiger partial charge in [-0.05, 0) is 31.2 Å². The second kappa shape index (κ2) is 6.98. The molecule has 0 atom stereocenters. The van der Waals surface area contributed by atoms with Crippen LogP contribution in [0.2, 0.25) is 0 Å². The molecule has 25 heavy (non-hydrogen) atoms. The smallest absolute Gasteiger partial charge is 0.258 e. The van der Waals surface area contributed by atoms with Gasteiger partial charge in [0.15, 0.2) is 5.82 Å². The first-order valence-corrected chi connectivity index (χ1v) is 8.42. The van der Waals surface area contributed by atoms with Crippen molar-refractivity contribution in [1.82, 2.24) is 25.0 Å². The van der Waals surface area contributed by atoms with Crippen molar-refractivity contribution in [2.75, 3.05) is 31.1 Å². The summed E-state index contributed by atoms with van der Waals surface area (Å²) in [6.07, 6.45) is 3.64. The number of hydrogen-bond acceptors (Lipinski definition) is 7. The van der Waals surface area contributed by atoms with Crippen LogP contribution in [0.25, 0.3) is 11.5 Å². The molecule has 7 nitrogen and oxygen atoms in total. The molecule has 0 N–H and O–H groups in total. The van der Waals surface area contributed by atoms with Gasteiger partial charge in [0.1, 0.15) is 5.82 Å². The molecule has 1 aliphatic rings. The molecule has 1 saturated heterocycles. The van der Waals surface area contributed by atoms with Gasteiger partial charge in [0.25, 0.3) is 5.89 Å². The predicted octanol–water partition coefficient (Wildman–Crippen LogP) is 2.16. The van der Waals surface area contributed by atoms with E-state index in [1.54, 1.807) is 6.20 Å².